The standard InChI is InChI=1S/C34H36N2O7/c1-5-19-41-32-23(2)21-36(33(38)35-32)31-20-29(37)30(43-31)22-42-34(24-9-7-6-8-10-24,25-11-15-27(39-3)16-12-25)26-13-17-28(40-4)18-14-26/h5-18,21,29-31,37H,1,19-20,22H2,2-4H3/t29-,30+,31+/m0/s1. The van der Waals surface area contributed by atoms with Gasteiger partial charge in [0, 0.05) is 18.2 Å². The van der Waals surface area contributed by atoms with Crippen molar-refractivity contribution in [2.75, 3.05) is 27.4 Å². The molecule has 0 spiro atoms. The Kier molecular flexibility index (Phi) is 9.25. The van der Waals surface area contributed by atoms with E-state index in [1.165, 1.54) is 4.57 Å². The number of aromatic nitrogens is 2. The summed E-state index contributed by atoms with van der Waals surface area (Å²) in [6.07, 6.45) is 1.11. The first-order valence-corrected chi connectivity index (χ1v) is 14.0. The Hall–Kier alpha value is -4.44. The molecule has 4 aromatic rings. The zero-order valence-electron chi connectivity index (χ0n) is 24.5. The number of aliphatic hydroxyl groups excluding tert-OH is 1. The maximum absolute atomic E-state index is 12.9. The second-order valence-electron chi connectivity index (χ2n) is 10.3. The van der Waals surface area contributed by atoms with Crippen molar-refractivity contribution in [3.63, 3.8) is 0 Å². The maximum atomic E-state index is 12.9. The molecule has 0 bridgehead atoms. The molecule has 9 nitrogen and oxygen atoms in total. The summed E-state index contributed by atoms with van der Waals surface area (Å²) in [7, 11) is 3.25. The molecule has 1 N–H and O–H groups in total. The molecule has 0 radical (unpaired) electrons. The van der Waals surface area contributed by atoms with E-state index < -0.39 is 29.7 Å². The molecule has 5 rings (SSSR count). The Labute approximate surface area is 250 Å². The van der Waals surface area contributed by atoms with Gasteiger partial charge in [0.2, 0.25) is 5.88 Å². The largest absolute Gasteiger partial charge is 0.497 e. The van der Waals surface area contributed by atoms with E-state index >= 15 is 0 Å². The van der Waals surface area contributed by atoms with Crippen LogP contribution in [0.1, 0.15) is 34.9 Å². The van der Waals surface area contributed by atoms with E-state index in [1.807, 2.05) is 78.9 Å². The van der Waals surface area contributed by atoms with Gasteiger partial charge in [0.1, 0.15) is 36.0 Å². The number of ether oxygens (including phenoxy) is 5. The zero-order valence-corrected chi connectivity index (χ0v) is 24.5. The van der Waals surface area contributed by atoms with Gasteiger partial charge in [-0.25, -0.2) is 4.79 Å². The fraction of sp³-hybridized carbons (Fsp3) is 0.294. The van der Waals surface area contributed by atoms with Gasteiger partial charge in [0.25, 0.3) is 0 Å². The predicted molar refractivity (Wildman–Crippen MR) is 162 cm³/mol. The molecule has 224 valence electrons. The summed E-state index contributed by atoms with van der Waals surface area (Å²) < 4.78 is 30.9. The van der Waals surface area contributed by atoms with Crippen LogP contribution in [-0.2, 0) is 15.1 Å². The van der Waals surface area contributed by atoms with Crippen LogP contribution in [0.5, 0.6) is 17.4 Å². The number of rotatable bonds is 12. The van der Waals surface area contributed by atoms with Crippen molar-refractivity contribution in [3.8, 4) is 17.4 Å². The number of aliphatic hydroxyl groups is 1. The number of benzene rings is 3. The molecule has 1 saturated heterocycles. The van der Waals surface area contributed by atoms with Crippen LogP contribution in [0.2, 0.25) is 0 Å². The van der Waals surface area contributed by atoms with E-state index in [1.54, 1.807) is 33.4 Å². The molecule has 43 heavy (non-hydrogen) atoms. The lowest BCUT2D eigenvalue weighted by molar-refractivity contribution is -0.0944. The van der Waals surface area contributed by atoms with Crippen LogP contribution in [0.3, 0.4) is 0 Å². The molecule has 0 saturated carbocycles. The Morgan fingerprint density at radius 3 is 2.12 bits per heavy atom. The minimum Gasteiger partial charge on any atom is -0.497 e. The first-order chi connectivity index (χ1) is 20.9. The SMILES string of the molecule is C=CCOc1nc(=O)n([C@H]2C[C@H](O)[C@@H](COC(c3ccccc3)(c3ccc(OC)cc3)c3ccc(OC)cc3)O2)cc1C. The minimum absolute atomic E-state index is 0.0340. The highest BCUT2D eigenvalue weighted by Crippen LogP contribution is 2.42. The highest BCUT2D eigenvalue weighted by Gasteiger charge is 2.42. The summed E-state index contributed by atoms with van der Waals surface area (Å²) in [5.74, 6) is 1.67. The molecule has 1 aliphatic rings. The summed E-state index contributed by atoms with van der Waals surface area (Å²) in [6.45, 7) is 5.69. The number of hydrogen-bond donors (Lipinski definition) is 1. The molecule has 0 aliphatic carbocycles. The lowest BCUT2D eigenvalue weighted by atomic mass is 9.80. The van der Waals surface area contributed by atoms with E-state index in [0.29, 0.717) is 17.1 Å². The van der Waals surface area contributed by atoms with Gasteiger partial charge in [-0.05, 0) is 47.9 Å². The topological polar surface area (TPSA) is 101 Å². The van der Waals surface area contributed by atoms with E-state index in [-0.39, 0.29) is 25.5 Å². The van der Waals surface area contributed by atoms with Crippen LogP contribution in [0.4, 0.5) is 0 Å². The highest BCUT2D eigenvalue weighted by molar-refractivity contribution is 5.49. The molecule has 0 amide bonds. The highest BCUT2D eigenvalue weighted by atomic mass is 16.6. The fourth-order valence-electron chi connectivity index (χ4n) is 5.36. The Morgan fingerprint density at radius 1 is 0.977 bits per heavy atom. The van der Waals surface area contributed by atoms with Gasteiger partial charge >= 0.3 is 5.69 Å². The minimum atomic E-state index is -1.07. The number of methoxy groups -OCH3 is 2. The average Bonchev–Trinajstić information content (AvgIpc) is 3.42. The average molecular weight is 585 g/mol. The van der Waals surface area contributed by atoms with E-state index in [9.17, 15) is 9.90 Å². The third kappa shape index (κ3) is 6.19. The Bertz CT molecular complexity index is 1520. The van der Waals surface area contributed by atoms with Crippen LogP contribution >= 0.6 is 0 Å². The Morgan fingerprint density at radius 2 is 1.56 bits per heavy atom. The van der Waals surface area contributed by atoms with Gasteiger partial charge in [-0.1, -0.05) is 67.3 Å². The maximum Gasteiger partial charge on any atom is 0.352 e. The van der Waals surface area contributed by atoms with Crippen molar-refractivity contribution in [1.82, 2.24) is 9.55 Å². The molecule has 0 unspecified atom stereocenters. The van der Waals surface area contributed by atoms with E-state index in [4.69, 9.17) is 23.7 Å². The van der Waals surface area contributed by atoms with Gasteiger partial charge in [0.15, 0.2) is 0 Å². The first kappa shape index (κ1) is 30.0. The summed E-state index contributed by atoms with van der Waals surface area (Å²) in [4.78, 5) is 16.9. The monoisotopic (exact) mass is 584 g/mol. The van der Waals surface area contributed by atoms with Crippen LogP contribution in [-0.4, -0.2) is 54.3 Å². The third-order valence-corrected chi connectivity index (χ3v) is 7.58. The molecule has 3 atom stereocenters. The van der Waals surface area contributed by atoms with Crippen LogP contribution in [0.15, 0.2) is 103 Å². The summed E-state index contributed by atoms with van der Waals surface area (Å²) >= 11 is 0. The van der Waals surface area contributed by atoms with Crippen molar-refractivity contribution in [1.29, 1.82) is 0 Å². The molecule has 1 fully saturated rings. The summed E-state index contributed by atoms with van der Waals surface area (Å²) in [6, 6.07) is 25.3. The van der Waals surface area contributed by atoms with Crippen LogP contribution < -0.4 is 19.9 Å². The lowest BCUT2D eigenvalue weighted by Gasteiger charge is -2.37. The molecule has 1 aromatic heterocycles. The number of aryl methyl sites for hydroxylation is 1. The van der Waals surface area contributed by atoms with Crippen molar-refractivity contribution in [2.24, 2.45) is 0 Å². The van der Waals surface area contributed by atoms with Crippen molar-refractivity contribution >= 4 is 0 Å². The van der Waals surface area contributed by atoms with Gasteiger partial charge in [0.05, 0.1) is 26.9 Å². The van der Waals surface area contributed by atoms with Crippen molar-refractivity contribution in [2.45, 2.75) is 37.4 Å². The second kappa shape index (κ2) is 13.2. The summed E-state index contributed by atoms with van der Waals surface area (Å²) in [5.41, 5.74) is 1.68. The summed E-state index contributed by atoms with van der Waals surface area (Å²) in [5, 5.41) is 11.1. The molecule has 2 heterocycles. The van der Waals surface area contributed by atoms with Crippen molar-refractivity contribution in [3.05, 3.63) is 130 Å². The van der Waals surface area contributed by atoms with Crippen LogP contribution in [0, 0.1) is 6.92 Å². The third-order valence-electron chi connectivity index (χ3n) is 7.58. The number of nitrogens with zero attached hydrogens (tertiary/aromatic N) is 2. The first-order valence-electron chi connectivity index (χ1n) is 14.0. The molecule has 3 aromatic carbocycles. The smallest absolute Gasteiger partial charge is 0.352 e. The predicted octanol–water partition coefficient (Wildman–Crippen LogP) is 4.79. The van der Waals surface area contributed by atoms with Gasteiger partial charge in [-0.2, -0.15) is 4.98 Å². The van der Waals surface area contributed by atoms with E-state index in [0.717, 1.165) is 16.7 Å². The fourth-order valence-corrected chi connectivity index (χ4v) is 5.36. The molecule has 1 aliphatic heterocycles. The number of hydrogen-bond acceptors (Lipinski definition) is 8. The van der Waals surface area contributed by atoms with Gasteiger partial charge < -0.3 is 28.8 Å². The molecular weight excluding hydrogens is 548 g/mol. The van der Waals surface area contributed by atoms with Gasteiger partial charge in [-0.3, -0.25) is 4.57 Å². The lowest BCUT2D eigenvalue weighted by Crippen LogP contribution is -2.38. The zero-order chi connectivity index (χ0) is 30.4. The van der Waals surface area contributed by atoms with E-state index in [2.05, 4.69) is 11.6 Å². The quantitative estimate of drug-likeness (QED) is 0.187. The van der Waals surface area contributed by atoms with Gasteiger partial charge in [-0.15, -0.1) is 0 Å². The van der Waals surface area contributed by atoms with Crippen LogP contribution in [0.25, 0.3) is 0 Å². The normalized spacial score (nSPS) is 18.3. The molecule has 9 heteroatoms. The van der Waals surface area contributed by atoms with Crippen molar-refractivity contribution < 1.29 is 28.8 Å². The molecular formula is C34H36N2O7. The Balaban J connectivity index is 1.49. The second-order valence-corrected chi connectivity index (χ2v) is 10.3.